The van der Waals surface area contributed by atoms with Crippen molar-refractivity contribution in [3.05, 3.63) is 113 Å². The lowest BCUT2D eigenvalue weighted by Crippen LogP contribution is -2.04. The summed E-state index contributed by atoms with van der Waals surface area (Å²) in [6.45, 7) is 0. The average Bonchev–Trinajstić information content (AvgIpc) is 3.54. The van der Waals surface area contributed by atoms with Gasteiger partial charge >= 0.3 is 0 Å². The third kappa shape index (κ3) is 3.89. The summed E-state index contributed by atoms with van der Waals surface area (Å²) in [6.07, 6.45) is 0. The molecule has 10 heteroatoms. The van der Waals surface area contributed by atoms with Crippen LogP contribution in [0.3, 0.4) is 0 Å². The molecule has 7 aromatic rings. The van der Waals surface area contributed by atoms with Crippen molar-refractivity contribution >= 4 is 32.7 Å². The molecule has 204 valence electrons. The smallest absolute Gasteiger partial charge is 0.180 e. The van der Waals surface area contributed by atoms with Crippen LogP contribution in [0, 0.1) is 45.9 Å². The normalized spacial score (nSPS) is 11.2. The van der Waals surface area contributed by atoms with E-state index in [0.29, 0.717) is 38.5 Å². The second kappa shape index (κ2) is 9.75. The second-order valence-electron chi connectivity index (χ2n) is 9.67. The molecule has 6 nitrogen and oxygen atoms in total. The quantitative estimate of drug-likeness (QED) is 0.120. The van der Waals surface area contributed by atoms with Crippen molar-refractivity contribution < 1.29 is 22.2 Å². The molecule has 0 atom stereocenters. The molecule has 0 aliphatic heterocycles. The molecule has 0 fully saturated rings. The molecule has 0 bridgehead atoms. The Morgan fingerprint density at radius 2 is 1.30 bits per heavy atom. The van der Waals surface area contributed by atoms with Crippen molar-refractivity contribution in [1.29, 1.82) is 10.5 Å². The molecule has 5 aromatic carbocycles. The van der Waals surface area contributed by atoms with Crippen LogP contribution in [0.2, 0.25) is 0 Å². The minimum atomic E-state index is -1.82. The largest absolute Gasteiger partial charge is 0.247 e. The van der Waals surface area contributed by atoms with Crippen molar-refractivity contribution in [1.82, 2.24) is 15.3 Å². The maximum Gasteiger partial charge on any atom is 0.180 e. The number of pyridine rings is 1. The van der Waals surface area contributed by atoms with Gasteiger partial charge in [0.05, 0.1) is 28.4 Å². The summed E-state index contributed by atoms with van der Waals surface area (Å²) in [7, 11) is 0. The van der Waals surface area contributed by atoms with E-state index in [1.807, 2.05) is 36.4 Å². The maximum absolute atomic E-state index is 15.3. The van der Waals surface area contributed by atoms with Crippen LogP contribution < -0.4 is 0 Å². The predicted octanol–water partition coefficient (Wildman–Crippen LogP) is 8.22. The van der Waals surface area contributed by atoms with Crippen LogP contribution in [0.15, 0.2) is 83.5 Å². The first kappa shape index (κ1) is 25.8. The lowest BCUT2D eigenvalue weighted by atomic mass is 9.92. The first-order chi connectivity index (χ1) is 20.9. The monoisotopic (exact) mass is 571 g/mol. The van der Waals surface area contributed by atoms with Crippen molar-refractivity contribution in [3.8, 4) is 45.6 Å². The SMILES string of the molecule is N#Cc1ccc(-c2ccc3c(c2)nc(-c2ccccc2)c2cc(-c4c(F)c(F)c(C#N)c(F)c4F)c4nonc4c23)cc1. The van der Waals surface area contributed by atoms with Gasteiger partial charge < -0.3 is 0 Å². The zero-order valence-electron chi connectivity index (χ0n) is 21.7. The van der Waals surface area contributed by atoms with E-state index in [1.54, 1.807) is 36.4 Å². The molecule has 0 N–H and O–H groups in total. The number of fused-ring (bicyclic) bond motifs is 5. The highest BCUT2D eigenvalue weighted by Crippen LogP contribution is 2.43. The lowest BCUT2D eigenvalue weighted by molar-refractivity contribution is 0.316. The fourth-order valence-electron chi connectivity index (χ4n) is 5.31. The Labute approximate surface area is 239 Å². The van der Waals surface area contributed by atoms with Crippen LogP contribution in [-0.4, -0.2) is 15.3 Å². The summed E-state index contributed by atoms with van der Waals surface area (Å²) in [4.78, 5) is 4.92. The first-order valence-corrected chi connectivity index (χ1v) is 12.8. The topological polar surface area (TPSA) is 99.4 Å². The standard InChI is InChI=1S/C33H13F4N5O/c34-27-23(15-39)28(35)30(37)26(29(27)36)22-13-21-25(33-32(22)41-43-42-33)20-11-10-19(17-8-6-16(14-38)7-9-17)12-24(20)40-31(21)18-4-2-1-3-5-18/h1-13H. The molecule has 0 unspecified atom stereocenters. The number of halogens is 4. The number of nitriles is 2. The summed E-state index contributed by atoms with van der Waals surface area (Å²) >= 11 is 0. The number of benzene rings is 5. The Bertz CT molecular complexity index is 2330. The summed E-state index contributed by atoms with van der Waals surface area (Å²) in [5, 5.41) is 27.5. The lowest BCUT2D eigenvalue weighted by Gasteiger charge is -2.14. The van der Waals surface area contributed by atoms with Crippen molar-refractivity contribution in [3.63, 3.8) is 0 Å². The van der Waals surface area contributed by atoms with Gasteiger partial charge in [0.2, 0.25) is 0 Å². The van der Waals surface area contributed by atoms with E-state index in [0.717, 1.165) is 17.2 Å². The van der Waals surface area contributed by atoms with Gasteiger partial charge in [-0.3, -0.25) is 0 Å². The zero-order chi connectivity index (χ0) is 29.8. The van der Waals surface area contributed by atoms with Gasteiger partial charge in [-0.25, -0.2) is 27.2 Å². The minimum Gasteiger partial charge on any atom is -0.247 e. The van der Waals surface area contributed by atoms with Crippen LogP contribution in [-0.2, 0) is 0 Å². The highest BCUT2D eigenvalue weighted by molar-refractivity contribution is 6.23. The van der Waals surface area contributed by atoms with Crippen LogP contribution in [0.4, 0.5) is 17.6 Å². The van der Waals surface area contributed by atoms with Gasteiger partial charge in [-0.05, 0) is 45.7 Å². The number of aromatic nitrogens is 3. The van der Waals surface area contributed by atoms with Crippen molar-refractivity contribution in [2.45, 2.75) is 0 Å². The molecule has 0 amide bonds. The van der Waals surface area contributed by atoms with Gasteiger partial charge in [-0.2, -0.15) is 10.5 Å². The molecule has 2 aromatic heterocycles. The first-order valence-electron chi connectivity index (χ1n) is 12.8. The predicted molar refractivity (Wildman–Crippen MR) is 150 cm³/mol. The number of nitrogens with zero attached hydrogens (tertiary/aromatic N) is 5. The van der Waals surface area contributed by atoms with E-state index in [4.69, 9.17) is 20.1 Å². The fraction of sp³-hybridized carbons (Fsp3) is 0. The molecule has 7 rings (SSSR count). The molecule has 0 spiro atoms. The highest BCUT2D eigenvalue weighted by atomic mass is 19.2. The summed E-state index contributed by atoms with van der Waals surface area (Å²) in [5.74, 6) is -7.14. The Morgan fingerprint density at radius 3 is 1.98 bits per heavy atom. The summed E-state index contributed by atoms with van der Waals surface area (Å²) < 4.78 is 65.0. The summed E-state index contributed by atoms with van der Waals surface area (Å²) in [5.41, 5.74) is 1.00. The third-order valence-electron chi connectivity index (χ3n) is 7.33. The van der Waals surface area contributed by atoms with Crippen molar-refractivity contribution in [2.24, 2.45) is 0 Å². The van der Waals surface area contributed by atoms with Gasteiger partial charge in [0.1, 0.15) is 22.7 Å². The van der Waals surface area contributed by atoms with E-state index in [1.165, 1.54) is 6.07 Å². The van der Waals surface area contributed by atoms with Gasteiger partial charge in [0.25, 0.3) is 0 Å². The maximum atomic E-state index is 15.3. The molecular formula is C33H13F4N5O. The molecule has 0 saturated heterocycles. The van der Waals surface area contributed by atoms with E-state index >= 15 is 8.78 Å². The van der Waals surface area contributed by atoms with Crippen LogP contribution >= 0.6 is 0 Å². The third-order valence-corrected chi connectivity index (χ3v) is 7.33. The van der Waals surface area contributed by atoms with E-state index in [-0.39, 0.29) is 16.6 Å². The molecule has 2 heterocycles. The zero-order valence-corrected chi connectivity index (χ0v) is 21.7. The molecular weight excluding hydrogens is 558 g/mol. The number of rotatable bonds is 3. The highest BCUT2D eigenvalue weighted by Gasteiger charge is 2.30. The number of hydrogen-bond acceptors (Lipinski definition) is 6. The van der Waals surface area contributed by atoms with Crippen molar-refractivity contribution in [2.75, 3.05) is 0 Å². The Balaban J connectivity index is 1.60. The molecule has 0 radical (unpaired) electrons. The molecule has 0 saturated carbocycles. The molecule has 43 heavy (non-hydrogen) atoms. The molecule has 0 aliphatic carbocycles. The Kier molecular flexibility index (Phi) is 5.86. The number of hydrogen-bond donors (Lipinski definition) is 0. The van der Waals surface area contributed by atoms with Crippen LogP contribution in [0.5, 0.6) is 0 Å². The van der Waals surface area contributed by atoms with Gasteiger partial charge in [0, 0.05) is 27.3 Å². The van der Waals surface area contributed by atoms with Crippen LogP contribution in [0.1, 0.15) is 11.1 Å². The van der Waals surface area contributed by atoms with Gasteiger partial charge in [-0.15, -0.1) is 0 Å². The van der Waals surface area contributed by atoms with E-state index < -0.39 is 34.4 Å². The van der Waals surface area contributed by atoms with E-state index in [2.05, 4.69) is 16.4 Å². The minimum absolute atomic E-state index is 0.0900. The second-order valence-corrected chi connectivity index (χ2v) is 9.67. The Morgan fingerprint density at radius 1 is 0.628 bits per heavy atom. The van der Waals surface area contributed by atoms with E-state index in [9.17, 15) is 8.78 Å². The molecule has 0 aliphatic rings. The summed E-state index contributed by atoms with van der Waals surface area (Å²) in [6, 6.07) is 26.2. The van der Waals surface area contributed by atoms with Gasteiger partial charge in [-0.1, -0.05) is 54.6 Å². The Hall–Kier alpha value is -6.13. The van der Waals surface area contributed by atoms with Gasteiger partial charge in [0.15, 0.2) is 23.3 Å². The average molecular weight is 571 g/mol. The fourth-order valence-corrected chi connectivity index (χ4v) is 5.31. The van der Waals surface area contributed by atoms with Crippen LogP contribution in [0.25, 0.3) is 66.2 Å².